The minimum atomic E-state index is -0.459. The molecule has 0 saturated heterocycles. The first-order valence-corrected chi connectivity index (χ1v) is 14.9. The lowest BCUT2D eigenvalue weighted by Crippen LogP contribution is -2.30. The fraction of sp³-hybridized carbons (Fsp3) is 0.306. The van der Waals surface area contributed by atoms with Gasteiger partial charge in [-0.25, -0.2) is 9.37 Å². The van der Waals surface area contributed by atoms with Gasteiger partial charge in [-0.2, -0.15) is 0 Å². The fourth-order valence-corrected chi connectivity index (χ4v) is 4.98. The molecule has 44 heavy (non-hydrogen) atoms. The van der Waals surface area contributed by atoms with Gasteiger partial charge in [0.25, 0.3) is 5.56 Å². The van der Waals surface area contributed by atoms with Crippen molar-refractivity contribution in [2.24, 2.45) is 5.92 Å². The zero-order valence-corrected chi connectivity index (χ0v) is 26.0. The van der Waals surface area contributed by atoms with Crippen LogP contribution >= 0.6 is 0 Å². The zero-order valence-electron chi connectivity index (χ0n) is 26.0. The lowest BCUT2D eigenvalue weighted by atomic mass is 9.94. The summed E-state index contributed by atoms with van der Waals surface area (Å²) in [6.07, 6.45) is 2.30. The SMILES string of the molecule is CCC(=O)c1cccc(-c2ncc(NC(=O)[C@H](C)CC)c(=O)n2Cc2cc(C(=O)c3ccc(F)cc3)cc(C(C)C)c2)c1C. The molecule has 0 unspecified atom stereocenters. The van der Waals surface area contributed by atoms with Crippen molar-refractivity contribution in [3.63, 3.8) is 0 Å². The van der Waals surface area contributed by atoms with Gasteiger partial charge in [-0.3, -0.25) is 23.7 Å². The monoisotopic (exact) mass is 595 g/mol. The fourth-order valence-electron chi connectivity index (χ4n) is 4.98. The number of nitrogens with one attached hydrogen (secondary N) is 1. The molecule has 0 radical (unpaired) electrons. The van der Waals surface area contributed by atoms with Gasteiger partial charge in [0.2, 0.25) is 5.91 Å². The van der Waals surface area contributed by atoms with E-state index in [9.17, 15) is 23.6 Å². The number of ketones is 2. The van der Waals surface area contributed by atoms with Gasteiger partial charge < -0.3 is 5.32 Å². The first kappa shape index (κ1) is 32.2. The number of benzene rings is 3. The second-order valence-electron chi connectivity index (χ2n) is 11.4. The van der Waals surface area contributed by atoms with Crippen LogP contribution in [0.25, 0.3) is 11.4 Å². The third-order valence-electron chi connectivity index (χ3n) is 7.95. The molecule has 0 spiro atoms. The van der Waals surface area contributed by atoms with Gasteiger partial charge in [0, 0.05) is 34.6 Å². The maximum absolute atomic E-state index is 14.0. The third kappa shape index (κ3) is 6.91. The molecule has 4 aromatic rings. The van der Waals surface area contributed by atoms with E-state index < -0.39 is 11.4 Å². The molecule has 1 heterocycles. The minimum absolute atomic E-state index is 0.0238. The summed E-state index contributed by atoms with van der Waals surface area (Å²) in [7, 11) is 0. The number of hydrogen-bond donors (Lipinski definition) is 1. The number of hydrogen-bond acceptors (Lipinski definition) is 5. The van der Waals surface area contributed by atoms with E-state index >= 15 is 0 Å². The maximum Gasteiger partial charge on any atom is 0.277 e. The summed E-state index contributed by atoms with van der Waals surface area (Å²) in [4.78, 5) is 57.5. The number of anilines is 1. The van der Waals surface area contributed by atoms with Crippen molar-refractivity contribution in [3.8, 4) is 11.4 Å². The summed E-state index contributed by atoms with van der Waals surface area (Å²) in [5.74, 6) is -0.904. The Labute approximate surface area is 257 Å². The Morgan fingerprint density at radius 1 is 0.955 bits per heavy atom. The number of nitrogens with zero attached hydrogens (tertiary/aromatic N) is 2. The molecule has 1 aromatic heterocycles. The van der Waals surface area contributed by atoms with Crippen LogP contribution < -0.4 is 10.9 Å². The van der Waals surface area contributed by atoms with Crippen LogP contribution in [0.2, 0.25) is 0 Å². The molecule has 0 aliphatic rings. The van der Waals surface area contributed by atoms with Crippen molar-refractivity contribution >= 4 is 23.2 Å². The van der Waals surface area contributed by atoms with Crippen molar-refractivity contribution in [1.82, 2.24) is 9.55 Å². The van der Waals surface area contributed by atoms with Crippen molar-refractivity contribution in [1.29, 1.82) is 0 Å². The number of carbonyl (C=O) groups excluding carboxylic acids is 3. The number of rotatable bonds is 11. The highest BCUT2D eigenvalue weighted by Crippen LogP contribution is 2.27. The van der Waals surface area contributed by atoms with Crippen LogP contribution in [0.4, 0.5) is 10.1 Å². The van der Waals surface area contributed by atoms with Crippen LogP contribution in [0.15, 0.2) is 71.7 Å². The van der Waals surface area contributed by atoms with Crippen LogP contribution in [0, 0.1) is 18.7 Å². The van der Waals surface area contributed by atoms with E-state index in [1.165, 1.54) is 35.0 Å². The topological polar surface area (TPSA) is 98.1 Å². The smallest absolute Gasteiger partial charge is 0.277 e. The van der Waals surface area contributed by atoms with E-state index in [1.807, 2.05) is 45.9 Å². The molecule has 1 amide bonds. The lowest BCUT2D eigenvalue weighted by molar-refractivity contribution is -0.119. The van der Waals surface area contributed by atoms with Gasteiger partial charge in [0.15, 0.2) is 11.6 Å². The van der Waals surface area contributed by atoms with E-state index in [0.717, 1.165) is 5.56 Å². The number of Topliss-reactive ketones (excluding diaryl/α,β-unsaturated/α-hetero) is 1. The Morgan fingerprint density at radius 2 is 1.66 bits per heavy atom. The molecule has 0 aliphatic carbocycles. The molecule has 4 rings (SSSR count). The molecule has 0 fully saturated rings. The molecular weight excluding hydrogens is 557 g/mol. The van der Waals surface area contributed by atoms with Crippen LogP contribution in [0.3, 0.4) is 0 Å². The zero-order chi connectivity index (χ0) is 32.1. The van der Waals surface area contributed by atoms with Crippen LogP contribution in [-0.4, -0.2) is 27.0 Å². The quantitative estimate of drug-likeness (QED) is 0.183. The van der Waals surface area contributed by atoms with Crippen molar-refractivity contribution in [2.45, 2.75) is 66.8 Å². The number of amides is 1. The normalized spacial score (nSPS) is 11.8. The highest BCUT2D eigenvalue weighted by Gasteiger charge is 2.21. The van der Waals surface area contributed by atoms with E-state index in [0.29, 0.717) is 52.0 Å². The van der Waals surface area contributed by atoms with Crippen LogP contribution in [-0.2, 0) is 11.3 Å². The van der Waals surface area contributed by atoms with E-state index in [2.05, 4.69) is 10.3 Å². The first-order valence-electron chi connectivity index (χ1n) is 14.9. The summed E-state index contributed by atoms with van der Waals surface area (Å²) in [6.45, 7) is 11.4. The Morgan fingerprint density at radius 3 is 2.30 bits per heavy atom. The minimum Gasteiger partial charge on any atom is -0.320 e. The van der Waals surface area contributed by atoms with Crippen molar-refractivity contribution in [2.75, 3.05) is 5.32 Å². The highest BCUT2D eigenvalue weighted by molar-refractivity contribution is 6.09. The van der Waals surface area contributed by atoms with Gasteiger partial charge in [0.1, 0.15) is 17.3 Å². The molecule has 1 atom stereocenters. The lowest BCUT2D eigenvalue weighted by Gasteiger charge is -2.19. The summed E-state index contributed by atoms with van der Waals surface area (Å²) in [6, 6.07) is 16.2. The average Bonchev–Trinajstić information content (AvgIpc) is 3.02. The maximum atomic E-state index is 14.0. The average molecular weight is 596 g/mol. The van der Waals surface area contributed by atoms with Crippen molar-refractivity contribution < 1.29 is 18.8 Å². The Kier molecular flexibility index (Phi) is 10.0. The molecule has 3 aromatic carbocycles. The van der Waals surface area contributed by atoms with E-state index in [1.54, 1.807) is 32.0 Å². The molecule has 228 valence electrons. The van der Waals surface area contributed by atoms with Crippen molar-refractivity contribution in [3.05, 3.63) is 116 Å². The number of aromatic nitrogens is 2. The van der Waals surface area contributed by atoms with Gasteiger partial charge >= 0.3 is 0 Å². The Balaban J connectivity index is 1.90. The van der Waals surface area contributed by atoms with Gasteiger partial charge in [-0.15, -0.1) is 0 Å². The summed E-state index contributed by atoms with van der Waals surface area (Å²) >= 11 is 0. The predicted molar refractivity (Wildman–Crippen MR) is 171 cm³/mol. The van der Waals surface area contributed by atoms with Gasteiger partial charge in [-0.05, 0) is 72.4 Å². The molecule has 0 aliphatic heterocycles. The standard InChI is InChI=1S/C36H38FN3O4/c1-7-22(5)35(43)39-31-19-38-34(30-11-9-10-29(23(30)6)32(41)8-2)40(36(31)44)20-24-16-26(21(3)4)18-27(17-24)33(42)25-12-14-28(37)15-13-25/h9-19,21-22H,7-8,20H2,1-6H3,(H,39,43)/t22-/m1/s1. The third-order valence-corrected chi connectivity index (χ3v) is 7.95. The van der Waals surface area contributed by atoms with Gasteiger partial charge in [0.05, 0.1) is 12.7 Å². The first-order chi connectivity index (χ1) is 20.9. The molecule has 8 heteroatoms. The summed E-state index contributed by atoms with van der Waals surface area (Å²) in [5.41, 5.74) is 3.77. The summed E-state index contributed by atoms with van der Waals surface area (Å²) in [5, 5.41) is 2.73. The van der Waals surface area contributed by atoms with Crippen LogP contribution in [0.1, 0.15) is 96.3 Å². The molecule has 1 N–H and O–H groups in total. The second-order valence-corrected chi connectivity index (χ2v) is 11.4. The largest absolute Gasteiger partial charge is 0.320 e. The molecular formula is C36H38FN3O4. The number of carbonyl (C=O) groups is 3. The summed E-state index contributed by atoms with van der Waals surface area (Å²) < 4.78 is 15.0. The van der Waals surface area contributed by atoms with Crippen LogP contribution in [0.5, 0.6) is 0 Å². The highest BCUT2D eigenvalue weighted by atomic mass is 19.1. The second kappa shape index (κ2) is 13.7. The molecule has 0 bridgehead atoms. The number of halogens is 1. The van der Waals surface area contributed by atoms with Gasteiger partial charge in [-0.1, -0.05) is 58.9 Å². The Bertz CT molecular complexity index is 1770. The Hall–Kier alpha value is -4.72. The molecule has 0 saturated carbocycles. The molecule has 7 nitrogen and oxygen atoms in total. The van der Waals surface area contributed by atoms with E-state index in [-0.39, 0.29) is 41.5 Å². The predicted octanol–water partition coefficient (Wildman–Crippen LogP) is 7.34. The van der Waals surface area contributed by atoms with E-state index in [4.69, 9.17) is 0 Å².